The summed E-state index contributed by atoms with van der Waals surface area (Å²) in [6.07, 6.45) is 4.25. The number of likely N-dealkylation sites (tertiary alicyclic amines) is 1. The average molecular weight is 320 g/mol. The Bertz CT molecular complexity index is 470. The number of ether oxygens (including phenoxy) is 2. The molecule has 1 heterocycles. The Hall–Kier alpha value is -1.75. The highest BCUT2D eigenvalue weighted by molar-refractivity contribution is 5.84. The summed E-state index contributed by atoms with van der Waals surface area (Å²) in [5, 5.41) is 2.76. The average Bonchev–Trinajstić information content (AvgIpc) is 2.55. The van der Waals surface area contributed by atoms with Crippen molar-refractivity contribution in [1.82, 2.24) is 4.90 Å². The molecule has 0 saturated carbocycles. The van der Waals surface area contributed by atoms with E-state index in [1.54, 1.807) is 0 Å². The van der Waals surface area contributed by atoms with Crippen LogP contribution in [0, 0.1) is 0 Å². The molecule has 1 aromatic carbocycles. The van der Waals surface area contributed by atoms with Gasteiger partial charge in [-0.2, -0.15) is 0 Å². The Labute approximate surface area is 139 Å². The van der Waals surface area contributed by atoms with Crippen LogP contribution < -0.4 is 10.1 Å². The summed E-state index contributed by atoms with van der Waals surface area (Å²) in [6.45, 7) is 7.72. The standard InChI is InChI=1S/C18H28N2O3/c1-3-13-22-17-9-7-16(8-10-17)19-18(21)23-15(2)14-20-11-5-4-6-12-20/h7-10,15H,3-6,11-14H2,1-2H3,(H,19,21). The molecule has 5 heteroatoms. The van der Waals surface area contributed by atoms with E-state index in [0.717, 1.165) is 31.8 Å². The minimum Gasteiger partial charge on any atom is -0.494 e. The van der Waals surface area contributed by atoms with Crippen LogP contribution in [0.2, 0.25) is 0 Å². The third kappa shape index (κ3) is 6.48. The van der Waals surface area contributed by atoms with Crippen molar-refractivity contribution in [2.24, 2.45) is 0 Å². The lowest BCUT2D eigenvalue weighted by Crippen LogP contribution is -2.37. The van der Waals surface area contributed by atoms with Gasteiger partial charge in [0.05, 0.1) is 6.61 Å². The van der Waals surface area contributed by atoms with Crippen molar-refractivity contribution in [1.29, 1.82) is 0 Å². The maximum absolute atomic E-state index is 11.9. The Morgan fingerprint density at radius 1 is 1.22 bits per heavy atom. The third-order valence-electron chi connectivity index (χ3n) is 3.85. The van der Waals surface area contributed by atoms with Crippen molar-refractivity contribution in [2.75, 3.05) is 31.6 Å². The second kappa shape index (κ2) is 9.40. The zero-order valence-electron chi connectivity index (χ0n) is 14.2. The number of hydrogen-bond acceptors (Lipinski definition) is 4. The lowest BCUT2D eigenvalue weighted by Gasteiger charge is -2.28. The summed E-state index contributed by atoms with van der Waals surface area (Å²) < 4.78 is 10.9. The highest BCUT2D eigenvalue weighted by atomic mass is 16.6. The fourth-order valence-electron chi connectivity index (χ4n) is 2.73. The van der Waals surface area contributed by atoms with E-state index in [0.29, 0.717) is 12.3 Å². The molecule has 1 fully saturated rings. The summed E-state index contributed by atoms with van der Waals surface area (Å²) in [6, 6.07) is 7.34. The highest BCUT2D eigenvalue weighted by Crippen LogP contribution is 2.16. The number of benzene rings is 1. The predicted molar refractivity (Wildman–Crippen MR) is 92.1 cm³/mol. The number of carbonyl (C=O) groups is 1. The van der Waals surface area contributed by atoms with Crippen LogP contribution >= 0.6 is 0 Å². The first-order valence-corrected chi connectivity index (χ1v) is 8.60. The van der Waals surface area contributed by atoms with Gasteiger partial charge in [-0.1, -0.05) is 13.3 Å². The van der Waals surface area contributed by atoms with Crippen molar-refractivity contribution in [2.45, 2.75) is 45.6 Å². The van der Waals surface area contributed by atoms with Crippen LogP contribution in [0.4, 0.5) is 10.5 Å². The zero-order valence-corrected chi connectivity index (χ0v) is 14.2. The van der Waals surface area contributed by atoms with Crippen LogP contribution in [0.3, 0.4) is 0 Å². The largest absolute Gasteiger partial charge is 0.494 e. The minimum absolute atomic E-state index is 0.111. The van der Waals surface area contributed by atoms with E-state index >= 15 is 0 Å². The minimum atomic E-state index is -0.406. The number of nitrogens with one attached hydrogen (secondary N) is 1. The molecule has 1 unspecified atom stereocenters. The quantitative estimate of drug-likeness (QED) is 0.828. The van der Waals surface area contributed by atoms with Gasteiger partial charge in [-0.15, -0.1) is 0 Å². The fraction of sp³-hybridized carbons (Fsp3) is 0.611. The molecule has 1 N–H and O–H groups in total. The molecule has 2 rings (SSSR count). The van der Waals surface area contributed by atoms with Crippen molar-refractivity contribution in [3.05, 3.63) is 24.3 Å². The van der Waals surface area contributed by atoms with E-state index in [1.807, 2.05) is 31.2 Å². The zero-order chi connectivity index (χ0) is 16.5. The molecule has 5 nitrogen and oxygen atoms in total. The molecule has 0 aromatic heterocycles. The fourth-order valence-corrected chi connectivity index (χ4v) is 2.73. The molecule has 0 radical (unpaired) electrons. The lowest BCUT2D eigenvalue weighted by molar-refractivity contribution is 0.0833. The van der Waals surface area contributed by atoms with Gasteiger partial charge in [-0.25, -0.2) is 4.79 Å². The van der Waals surface area contributed by atoms with Crippen LogP contribution in [0.5, 0.6) is 5.75 Å². The van der Waals surface area contributed by atoms with Crippen molar-refractivity contribution >= 4 is 11.8 Å². The van der Waals surface area contributed by atoms with Crippen molar-refractivity contribution in [3.63, 3.8) is 0 Å². The molecule has 1 aliphatic heterocycles. The maximum Gasteiger partial charge on any atom is 0.411 e. The molecular formula is C18H28N2O3. The molecule has 1 saturated heterocycles. The number of hydrogen-bond donors (Lipinski definition) is 1. The van der Waals surface area contributed by atoms with E-state index in [9.17, 15) is 4.79 Å². The summed E-state index contributed by atoms with van der Waals surface area (Å²) in [5.74, 6) is 0.809. The summed E-state index contributed by atoms with van der Waals surface area (Å²) in [5.41, 5.74) is 0.712. The number of amides is 1. The Kier molecular flexibility index (Phi) is 7.20. The lowest BCUT2D eigenvalue weighted by atomic mass is 10.1. The summed E-state index contributed by atoms with van der Waals surface area (Å²) in [4.78, 5) is 14.3. The number of nitrogens with zero attached hydrogens (tertiary/aromatic N) is 1. The van der Waals surface area contributed by atoms with E-state index in [1.165, 1.54) is 19.3 Å². The van der Waals surface area contributed by atoms with Crippen LogP contribution in [0.25, 0.3) is 0 Å². The van der Waals surface area contributed by atoms with E-state index < -0.39 is 6.09 Å². The van der Waals surface area contributed by atoms with E-state index in [-0.39, 0.29) is 6.10 Å². The second-order valence-electron chi connectivity index (χ2n) is 6.08. The third-order valence-corrected chi connectivity index (χ3v) is 3.85. The van der Waals surface area contributed by atoms with Crippen LogP contribution in [0.1, 0.15) is 39.5 Å². The van der Waals surface area contributed by atoms with Gasteiger partial charge in [0, 0.05) is 12.2 Å². The molecular weight excluding hydrogens is 292 g/mol. The van der Waals surface area contributed by atoms with E-state index in [2.05, 4.69) is 17.1 Å². The van der Waals surface area contributed by atoms with E-state index in [4.69, 9.17) is 9.47 Å². The molecule has 1 aromatic rings. The highest BCUT2D eigenvalue weighted by Gasteiger charge is 2.16. The van der Waals surface area contributed by atoms with Gasteiger partial charge >= 0.3 is 6.09 Å². The molecule has 23 heavy (non-hydrogen) atoms. The number of rotatable bonds is 7. The summed E-state index contributed by atoms with van der Waals surface area (Å²) in [7, 11) is 0. The normalized spacial score (nSPS) is 16.6. The molecule has 128 valence electrons. The van der Waals surface area contributed by atoms with Crippen LogP contribution in [-0.2, 0) is 4.74 Å². The first-order valence-electron chi connectivity index (χ1n) is 8.60. The molecule has 0 spiro atoms. The smallest absolute Gasteiger partial charge is 0.411 e. The van der Waals surface area contributed by atoms with Crippen molar-refractivity contribution < 1.29 is 14.3 Å². The van der Waals surface area contributed by atoms with Crippen molar-refractivity contribution in [3.8, 4) is 5.75 Å². The number of anilines is 1. The SMILES string of the molecule is CCCOc1ccc(NC(=O)OC(C)CN2CCCCC2)cc1. The first-order chi connectivity index (χ1) is 11.2. The Morgan fingerprint density at radius 3 is 2.57 bits per heavy atom. The van der Waals surface area contributed by atoms with Gasteiger partial charge < -0.3 is 9.47 Å². The Balaban J connectivity index is 1.72. The van der Waals surface area contributed by atoms with Gasteiger partial charge in [-0.05, 0) is 63.5 Å². The molecule has 1 aliphatic rings. The monoisotopic (exact) mass is 320 g/mol. The number of carbonyl (C=O) groups excluding carboxylic acids is 1. The molecule has 0 aliphatic carbocycles. The summed E-state index contributed by atoms with van der Waals surface area (Å²) >= 11 is 0. The van der Waals surface area contributed by atoms with Gasteiger partial charge in [0.25, 0.3) is 0 Å². The number of piperidine rings is 1. The topological polar surface area (TPSA) is 50.8 Å². The molecule has 1 atom stereocenters. The molecule has 1 amide bonds. The first kappa shape index (κ1) is 17.6. The Morgan fingerprint density at radius 2 is 1.91 bits per heavy atom. The maximum atomic E-state index is 11.9. The predicted octanol–water partition coefficient (Wildman–Crippen LogP) is 3.90. The van der Waals surface area contributed by atoms with Gasteiger partial charge in [0.15, 0.2) is 0 Å². The van der Waals surface area contributed by atoms with Crippen LogP contribution in [-0.4, -0.2) is 43.3 Å². The molecule has 0 bridgehead atoms. The van der Waals surface area contributed by atoms with Gasteiger partial charge in [0.1, 0.15) is 11.9 Å². The van der Waals surface area contributed by atoms with Gasteiger partial charge in [0.2, 0.25) is 0 Å². The second-order valence-corrected chi connectivity index (χ2v) is 6.08. The van der Waals surface area contributed by atoms with Crippen LogP contribution in [0.15, 0.2) is 24.3 Å². The van der Waals surface area contributed by atoms with Gasteiger partial charge in [-0.3, -0.25) is 10.2 Å².